The van der Waals surface area contributed by atoms with Crippen molar-refractivity contribution in [3.05, 3.63) is 71.3 Å². The van der Waals surface area contributed by atoms with Gasteiger partial charge in [-0.15, -0.1) is 0 Å². The maximum absolute atomic E-state index is 12.2. The zero-order chi connectivity index (χ0) is 18.5. The quantitative estimate of drug-likeness (QED) is 0.687. The molecule has 3 N–H and O–H groups in total. The summed E-state index contributed by atoms with van der Waals surface area (Å²) in [4.78, 5) is 36.1. The van der Waals surface area contributed by atoms with Crippen LogP contribution < -0.4 is 10.6 Å². The molecule has 0 aliphatic carbocycles. The topological polar surface area (TPSA) is 98.7 Å². The lowest BCUT2D eigenvalue weighted by Crippen LogP contribution is -2.62. The minimum atomic E-state index is -1.14. The van der Waals surface area contributed by atoms with Crippen molar-refractivity contribution in [2.24, 2.45) is 0 Å². The Labute approximate surface area is 150 Å². The van der Waals surface area contributed by atoms with Gasteiger partial charge in [-0.25, -0.2) is 4.79 Å². The van der Waals surface area contributed by atoms with Crippen LogP contribution in [0.4, 0.5) is 4.79 Å². The largest absolute Gasteiger partial charge is 0.465 e. The maximum atomic E-state index is 12.2. The van der Waals surface area contributed by atoms with Crippen LogP contribution in [0.25, 0.3) is 0 Å². The molecule has 0 saturated carbocycles. The van der Waals surface area contributed by atoms with E-state index in [9.17, 15) is 19.5 Å². The monoisotopic (exact) mass is 353 g/mol. The average molecular weight is 353 g/mol. The van der Waals surface area contributed by atoms with E-state index < -0.39 is 12.1 Å². The summed E-state index contributed by atoms with van der Waals surface area (Å²) in [6.45, 7) is 0.857. The molecule has 1 aliphatic heterocycles. The fourth-order valence-electron chi connectivity index (χ4n) is 2.68. The minimum Gasteiger partial charge on any atom is -0.465 e. The predicted molar refractivity (Wildman–Crippen MR) is 94.4 cm³/mol. The summed E-state index contributed by atoms with van der Waals surface area (Å²) < 4.78 is 0. The van der Waals surface area contributed by atoms with E-state index in [1.165, 1.54) is 0 Å². The summed E-state index contributed by atoms with van der Waals surface area (Å²) in [5.41, 5.74) is 2.22. The summed E-state index contributed by atoms with van der Waals surface area (Å²) in [6.07, 6.45) is -1.14. The summed E-state index contributed by atoms with van der Waals surface area (Å²) in [7, 11) is 0. The van der Waals surface area contributed by atoms with E-state index in [1.54, 1.807) is 24.3 Å². The second-order valence-electron chi connectivity index (χ2n) is 6.04. The van der Waals surface area contributed by atoms with E-state index in [0.29, 0.717) is 24.2 Å². The number of carboxylic acid groups (broad SMARTS) is 1. The fraction of sp³-hybridized carbons (Fsp3) is 0.211. The first-order valence-corrected chi connectivity index (χ1v) is 8.23. The molecule has 2 aromatic rings. The van der Waals surface area contributed by atoms with Gasteiger partial charge in [0.2, 0.25) is 5.91 Å². The summed E-state index contributed by atoms with van der Waals surface area (Å²) in [5, 5.41) is 14.7. The van der Waals surface area contributed by atoms with Crippen molar-refractivity contribution in [3.8, 4) is 0 Å². The van der Waals surface area contributed by atoms with Crippen molar-refractivity contribution in [1.29, 1.82) is 0 Å². The van der Waals surface area contributed by atoms with Crippen LogP contribution in [0.5, 0.6) is 0 Å². The van der Waals surface area contributed by atoms with Crippen molar-refractivity contribution in [2.45, 2.75) is 19.1 Å². The van der Waals surface area contributed by atoms with Crippen molar-refractivity contribution in [1.82, 2.24) is 15.5 Å². The molecule has 7 heteroatoms. The second kappa shape index (κ2) is 7.69. The third kappa shape index (κ3) is 4.00. The zero-order valence-corrected chi connectivity index (χ0v) is 14.0. The van der Waals surface area contributed by atoms with Crippen LogP contribution in [-0.2, 0) is 17.9 Å². The van der Waals surface area contributed by atoms with Crippen molar-refractivity contribution < 1.29 is 19.5 Å². The predicted octanol–water partition coefficient (Wildman–Crippen LogP) is 1.59. The van der Waals surface area contributed by atoms with Gasteiger partial charge in [0.15, 0.2) is 0 Å². The van der Waals surface area contributed by atoms with E-state index in [4.69, 9.17) is 0 Å². The molecule has 134 valence electrons. The van der Waals surface area contributed by atoms with Gasteiger partial charge < -0.3 is 15.7 Å². The van der Waals surface area contributed by atoms with Crippen LogP contribution in [-0.4, -0.2) is 40.5 Å². The highest BCUT2D eigenvalue weighted by molar-refractivity contribution is 5.94. The van der Waals surface area contributed by atoms with Gasteiger partial charge in [0.1, 0.15) is 6.04 Å². The first-order chi connectivity index (χ1) is 12.5. The normalized spacial score (nSPS) is 15.5. The van der Waals surface area contributed by atoms with Crippen LogP contribution in [0, 0.1) is 0 Å². The molecular formula is C19H19N3O4. The number of benzene rings is 2. The van der Waals surface area contributed by atoms with E-state index in [-0.39, 0.29) is 18.4 Å². The number of hydrogen-bond donors (Lipinski definition) is 3. The summed E-state index contributed by atoms with van der Waals surface area (Å²) in [6, 6.07) is 15.6. The lowest BCUT2D eigenvalue weighted by molar-refractivity contribution is -0.132. The Balaban J connectivity index is 1.59. The number of nitrogens with one attached hydrogen (secondary N) is 2. The molecule has 1 fully saturated rings. The summed E-state index contributed by atoms with van der Waals surface area (Å²) >= 11 is 0. The number of rotatable bonds is 6. The highest BCUT2D eigenvalue weighted by Crippen LogP contribution is 2.14. The first-order valence-electron chi connectivity index (χ1n) is 8.23. The highest BCUT2D eigenvalue weighted by Gasteiger charge is 2.36. The molecule has 0 radical (unpaired) electrons. The Kier molecular flexibility index (Phi) is 5.17. The Hall–Kier alpha value is -3.35. The van der Waals surface area contributed by atoms with Crippen LogP contribution in [0.3, 0.4) is 0 Å². The Morgan fingerprint density at radius 1 is 1.08 bits per heavy atom. The number of carbonyl (C=O) groups excluding carboxylic acids is 2. The molecule has 1 saturated heterocycles. The molecule has 1 atom stereocenters. The second-order valence-corrected chi connectivity index (χ2v) is 6.04. The molecule has 0 aromatic heterocycles. The minimum absolute atomic E-state index is 0.0966. The Morgan fingerprint density at radius 2 is 1.77 bits per heavy atom. The molecule has 26 heavy (non-hydrogen) atoms. The van der Waals surface area contributed by atoms with Gasteiger partial charge in [0, 0.05) is 25.2 Å². The van der Waals surface area contributed by atoms with Crippen LogP contribution >= 0.6 is 0 Å². The number of amides is 3. The van der Waals surface area contributed by atoms with E-state index in [1.807, 2.05) is 30.3 Å². The molecule has 0 unspecified atom stereocenters. The molecular weight excluding hydrogens is 334 g/mol. The maximum Gasteiger partial charge on any atom is 0.408 e. The van der Waals surface area contributed by atoms with E-state index in [0.717, 1.165) is 10.5 Å². The molecule has 3 amide bonds. The lowest BCUT2D eigenvalue weighted by atomic mass is 10.1. The Morgan fingerprint density at radius 3 is 2.31 bits per heavy atom. The third-order valence-corrected chi connectivity index (χ3v) is 4.26. The average Bonchev–Trinajstić information content (AvgIpc) is 2.65. The van der Waals surface area contributed by atoms with Gasteiger partial charge in [-0.3, -0.25) is 14.5 Å². The van der Waals surface area contributed by atoms with Crippen LogP contribution in [0.2, 0.25) is 0 Å². The molecule has 1 heterocycles. The molecule has 3 rings (SSSR count). The molecule has 1 aliphatic rings. The van der Waals surface area contributed by atoms with E-state index >= 15 is 0 Å². The molecule has 2 aromatic carbocycles. The van der Waals surface area contributed by atoms with Gasteiger partial charge in [-0.2, -0.15) is 0 Å². The third-order valence-electron chi connectivity index (χ3n) is 4.26. The Bertz CT molecular complexity index is 805. The smallest absolute Gasteiger partial charge is 0.408 e. The van der Waals surface area contributed by atoms with Crippen molar-refractivity contribution >= 4 is 17.9 Å². The standard InChI is InChI=1S/C19H19N3O4/c23-17(20-10-13-4-2-1-3-5-13)15-8-6-14(7-9-15)12-22(19(25)26)16-11-21-18(16)24/h1-9,16H,10-12H2,(H,20,23)(H,21,24)(H,25,26)/t16-/m0/s1. The first kappa shape index (κ1) is 17.5. The number of hydrogen-bond acceptors (Lipinski definition) is 3. The van der Waals surface area contributed by atoms with Gasteiger partial charge in [-0.1, -0.05) is 42.5 Å². The number of β-lactam (4-membered cyclic amide) rings is 1. The molecule has 7 nitrogen and oxygen atoms in total. The SMILES string of the molecule is O=C(NCc1ccccc1)c1ccc(CN(C(=O)O)[C@H]2CNC2=O)cc1. The van der Waals surface area contributed by atoms with E-state index in [2.05, 4.69) is 10.6 Å². The van der Waals surface area contributed by atoms with Gasteiger partial charge in [0.05, 0.1) is 0 Å². The zero-order valence-electron chi connectivity index (χ0n) is 14.0. The van der Waals surface area contributed by atoms with Gasteiger partial charge in [-0.05, 0) is 23.3 Å². The van der Waals surface area contributed by atoms with Crippen LogP contribution in [0.1, 0.15) is 21.5 Å². The lowest BCUT2D eigenvalue weighted by Gasteiger charge is -2.34. The number of nitrogens with zero attached hydrogens (tertiary/aromatic N) is 1. The van der Waals surface area contributed by atoms with Gasteiger partial charge in [0.25, 0.3) is 5.91 Å². The highest BCUT2D eigenvalue weighted by atomic mass is 16.4. The van der Waals surface area contributed by atoms with Crippen LogP contribution in [0.15, 0.2) is 54.6 Å². The summed E-state index contributed by atoms with van der Waals surface area (Å²) in [5.74, 6) is -0.488. The van der Waals surface area contributed by atoms with Crippen molar-refractivity contribution in [3.63, 3.8) is 0 Å². The van der Waals surface area contributed by atoms with Gasteiger partial charge >= 0.3 is 6.09 Å². The fourth-order valence-corrected chi connectivity index (χ4v) is 2.68. The van der Waals surface area contributed by atoms with Crippen molar-refractivity contribution in [2.75, 3.05) is 6.54 Å². The number of carbonyl (C=O) groups is 3. The molecule has 0 bridgehead atoms. The molecule has 0 spiro atoms.